The second kappa shape index (κ2) is 7.12. The molecule has 1 aromatic rings. The first-order valence-electron chi connectivity index (χ1n) is 7.98. The molecular formula is C18H29NO. The molecule has 0 heterocycles. The van der Waals surface area contributed by atoms with Gasteiger partial charge in [-0.1, -0.05) is 38.5 Å². The summed E-state index contributed by atoms with van der Waals surface area (Å²) in [6, 6.07) is 9.51. The maximum absolute atomic E-state index is 5.45. The van der Waals surface area contributed by atoms with E-state index in [1.807, 2.05) is 12.1 Å². The number of nitrogens with one attached hydrogen (secondary N) is 1. The number of methoxy groups -OCH3 is 1. The Labute approximate surface area is 123 Å². The number of para-hydroxylation sites is 1. The molecule has 112 valence electrons. The van der Waals surface area contributed by atoms with Gasteiger partial charge in [0.25, 0.3) is 0 Å². The monoisotopic (exact) mass is 275 g/mol. The van der Waals surface area contributed by atoms with Gasteiger partial charge in [0.1, 0.15) is 5.75 Å². The largest absolute Gasteiger partial charge is 0.496 e. The van der Waals surface area contributed by atoms with Crippen molar-refractivity contribution >= 4 is 0 Å². The zero-order valence-electron chi connectivity index (χ0n) is 13.4. The highest BCUT2D eigenvalue weighted by Gasteiger charge is 2.26. The summed E-state index contributed by atoms with van der Waals surface area (Å²) in [5.74, 6) is 2.67. The molecule has 0 radical (unpaired) electrons. The molecule has 1 aliphatic rings. The van der Waals surface area contributed by atoms with Gasteiger partial charge in [0.15, 0.2) is 0 Å². The molecule has 1 aromatic carbocycles. The Kier molecular flexibility index (Phi) is 5.47. The molecule has 1 fully saturated rings. The topological polar surface area (TPSA) is 21.3 Å². The first-order chi connectivity index (χ1) is 9.60. The fourth-order valence-corrected chi connectivity index (χ4v) is 3.39. The maximum atomic E-state index is 5.45. The highest BCUT2D eigenvalue weighted by atomic mass is 16.5. The average Bonchev–Trinajstić information content (AvgIpc) is 2.43. The molecule has 2 nitrogen and oxygen atoms in total. The summed E-state index contributed by atoms with van der Waals surface area (Å²) in [5.41, 5.74) is 1.30. The van der Waals surface area contributed by atoms with Gasteiger partial charge in [0.2, 0.25) is 0 Å². The summed E-state index contributed by atoms with van der Waals surface area (Å²) in [6.07, 6.45) is 5.10. The molecule has 0 spiro atoms. The minimum Gasteiger partial charge on any atom is -0.496 e. The lowest BCUT2D eigenvalue weighted by Crippen LogP contribution is -2.44. The standard InChI is InChI=1S/C18H29NO/c1-13-9-10-14(2)17(11-13)19-15(3)12-16-7-5-6-8-18(16)20-4/h5-8,13-15,17,19H,9-12H2,1-4H3. The fraction of sp³-hybridized carbons (Fsp3) is 0.667. The Balaban J connectivity index is 1.93. The van der Waals surface area contributed by atoms with Crippen LogP contribution in [0.15, 0.2) is 24.3 Å². The van der Waals surface area contributed by atoms with E-state index in [0.717, 1.165) is 24.0 Å². The van der Waals surface area contributed by atoms with Crippen molar-refractivity contribution in [2.75, 3.05) is 7.11 Å². The lowest BCUT2D eigenvalue weighted by Gasteiger charge is -2.35. The predicted octanol–water partition coefficient (Wildman–Crippen LogP) is 4.04. The predicted molar refractivity (Wildman–Crippen MR) is 85.3 cm³/mol. The molecule has 0 bridgehead atoms. The molecule has 4 atom stereocenters. The number of hydrogen-bond donors (Lipinski definition) is 1. The van der Waals surface area contributed by atoms with E-state index in [9.17, 15) is 0 Å². The van der Waals surface area contributed by atoms with Crippen LogP contribution in [0.3, 0.4) is 0 Å². The molecule has 4 unspecified atom stereocenters. The minimum atomic E-state index is 0.490. The van der Waals surface area contributed by atoms with Gasteiger partial charge in [-0.25, -0.2) is 0 Å². The number of hydrogen-bond acceptors (Lipinski definition) is 2. The second-order valence-corrected chi connectivity index (χ2v) is 6.59. The Bertz CT molecular complexity index is 418. The van der Waals surface area contributed by atoms with E-state index >= 15 is 0 Å². The smallest absolute Gasteiger partial charge is 0.122 e. The van der Waals surface area contributed by atoms with Gasteiger partial charge < -0.3 is 10.1 Å². The minimum absolute atomic E-state index is 0.490. The van der Waals surface area contributed by atoms with Crippen LogP contribution in [0.5, 0.6) is 5.75 Å². The lowest BCUT2D eigenvalue weighted by atomic mass is 9.79. The van der Waals surface area contributed by atoms with Crippen molar-refractivity contribution in [1.82, 2.24) is 5.32 Å². The Hall–Kier alpha value is -1.02. The molecule has 0 aliphatic heterocycles. The zero-order valence-corrected chi connectivity index (χ0v) is 13.4. The molecular weight excluding hydrogens is 246 g/mol. The SMILES string of the molecule is COc1ccccc1CC(C)NC1CC(C)CCC1C. The van der Waals surface area contributed by atoms with Crippen LogP contribution in [0.2, 0.25) is 0 Å². The van der Waals surface area contributed by atoms with Gasteiger partial charge in [0.05, 0.1) is 7.11 Å². The van der Waals surface area contributed by atoms with Crippen LogP contribution >= 0.6 is 0 Å². The second-order valence-electron chi connectivity index (χ2n) is 6.59. The first-order valence-corrected chi connectivity index (χ1v) is 7.98. The summed E-state index contributed by atoms with van der Waals surface area (Å²) >= 11 is 0. The highest BCUT2D eigenvalue weighted by molar-refractivity contribution is 5.33. The van der Waals surface area contributed by atoms with E-state index in [4.69, 9.17) is 4.74 Å². The van der Waals surface area contributed by atoms with E-state index in [0.29, 0.717) is 12.1 Å². The van der Waals surface area contributed by atoms with Crippen molar-refractivity contribution in [3.8, 4) is 5.75 Å². The van der Waals surface area contributed by atoms with Gasteiger partial charge in [0, 0.05) is 12.1 Å². The van der Waals surface area contributed by atoms with Crippen molar-refractivity contribution in [3.05, 3.63) is 29.8 Å². The summed E-state index contributed by atoms with van der Waals surface area (Å²) in [4.78, 5) is 0. The van der Waals surface area contributed by atoms with Gasteiger partial charge in [-0.15, -0.1) is 0 Å². The molecule has 0 aromatic heterocycles. The van der Waals surface area contributed by atoms with Gasteiger partial charge >= 0.3 is 0 Å². The van der Waals surface area contributed by atoms with Crippen LogP contribution in [0, 0.1) is 11.8 Å². The van der Waals surface area contributed by atoms with Crippen LogP contribution in [-0.4, -0.2) is 19.2 Å². The molecule has 1 aliphatic carbocycles. The van der Waals surface area contributed by atoms with Crippen molar-refractivity contribution in [1.29, 1.82) is 0 Å². The first kappa shape index (κ1) is 15.4. The fourth-order valence-electron chi connectivity index (χ4n) is 3.39. The molecule has 0 saturated heterocycles. The lowest BCUT2D eigenvalue weighted by molar-refractivity contribution is 0.215. The van der Waals surface area contributed by atoms with Crippen molar-refractivity contribution in [2.45, 2.75) is 58.5 Å². The van der Waals surface area contributed by atoms with E-state index < -0.39 is 0 Å². The zero-order chi connectivity index (χ0) is 14.5. The molecule has 0 amide bonds. The molecule has 2 rings (SSSR count). The Morgan fingerprint density at radius 1 is 1.25 bits per heavy atom. The quantitative estimate of drug-likeness (QED) is 0.875. The summed E-state index contributed by atoms with van der Waals surface area (Å²) < 4.78 is 5.45. The van der Waals surface area contributed by atoms with Crippen LogP contribution in [0.25, 0.3) is 0 Å². The van der Waals surface area contributed by atoms with Crippen LogP contribution in [0.4, 0.5) is 0 Å². The molecule has 1 N–H and O–H groups in total. The normalized spacial score (nSPS) is 28.1. The summed E-state index contributed by atoms with van der Waals surface area (Å²) in [7, 11) is 1.75. The highest BCUT2D eigenvalue weighted by Crippen LogP contribution is 2.29. The van der Waals surface area contributed by atoms with E-state index in [1.165, 1.54) is 24.8 Å². The third kappa shape index (κ3) is 3.99. The third-order valence-electron chi connectivity index (χ3n) is 4.68. The Morgan fingerprint density at radius 3 is 2.75 bits per heavy atom. The van der Waals surface area contributed by atoms with Gasteiger partial charge in [-0.05, 0) is 49.7 Å². The van der Waals surface area contributed by atoms with E-state index in [1.54, 1.807) is 7.11 Å². The summed E-state index contributed by atoms with van der Waals surface area (Å²) in [5, 5.41) is 3.84. The van der Waals surface area contributed by atoms with E-state index in [-0.39, 0.29) is 0 Å². The number of benzene rings is 1. The van der Waals surface area contributed by atoms with Crippen molar-refractivity contribution < 1.29 is 4.74 Å². The van der Waals surface area contributed by atoms with Crippen LogP contribution < -0.4 is 10.1 Å². The molecule has 20 heavy (non-hydrogen) atoms. The number of ether oxygens (including phenoxy) is 1. The van der Waals surface area contributed by atoms with E-state index in [2.05, 4.69) is 38.2 Å². The third-order valence-corrected chi connectivity index (χ3v) is 4.68. The molecule has 2 heteroatoms. The number of rotatable bonds is 5. The van der Waals surface area contributed by atoms with Gasteiger partial charge in [-0.2, -0.15) is 0 Å². The molecule has 1 saturated carbocycles. The van der Waals surface area contributed by atoms with Crippen molar-refractivity contribution in [2.24, 2.45) is 11.8 Å². The summed E-state index contributed by atoms with van der Waals surface area (Å²) in [6.45, 7) is 7.06. The van der Waals surface area contributed by atoms with Crippen LogP contribution in [-0.2, 0) is 6.42 Å². The van der Waals surface area contributed by atoms with Gasteiger partial charge in [-0.3, -0.25) is 0 Å². The Morgan fingerprint density at radius 2 is 2.00 bits per heavy atom. The van der Waals surface area contributed by atoms with Crippen molar-refractivity contribution in [3.63, 3.8) is 0 Å². The average molecular weight is 275 g/mol. The van der Waals surface area contributed by atoms with Crippen LogP contribution in [0.1, 0.15) is 45.6 Å². The maximum Gasteiger partial charge on any atom is 0.122 e.